The molecule has 1 N–H and O–H groups in total. The number of amides is 2. The maximum atomic E-state index is 12.8. The van der Waals surface area contributed by atoms with Gasteiger partial charge in [-0.15, -0.1) is 0 Å². The highest BCUT2D eigenvalue weighted by molar-refractivity contribution is 7.90. The van der Waals surface area contributed by atoms with E-state index >= 15 is 0 Å². The molecular weight excluding hydrogens is 342 g/mol. The molecule has 0 spiro atoms. The Morgan fingerprint density at radius 3 is 2.80 bits per heavy atom. The summed E-state index contributed by atoms with van der Waals surface area (Å²) < 4.78 is 23.4. The van der Waals surface area contributed by atoms with Gasteiger partial charge in [0.15, 0.2) is 9.84 Å². The van der Waals surface area contributed by atoms with Crippen molar-refractivity contribution >= 4 is 21.7 Å². The van der Waals surface area contributed by atoms with E-state index in [0.29, 0.717) is 31.7 Å². The molecule has 0 aromatic heterocycles. The van der Waals surface area contributed by atoms with Gasteiger partial charge < -0.3 is 15.1 Å². The highest BCUT2D eigenvalue weighted by Gasteiger charge is 2.32. The molecule has 2 amide bonds. The van der Waals surface area contributed by atoms with Crippen LogP contribution in [-0.2, 0) is 14.6 Å². The van der Waals surface area contributed by atoms with E-state index in [4.69, 9.17) is 0 Å². The fourth-order valence-corrected chi connectivity index (χ4v) is 4.11. The lowest BCUT2D eigenvalue weighted by atomic mass is 10.0. The Hall–Kier alpha value is -1.93. The molecule has 2 heterocycles. The average molecular weight is 365 g/mol. The summed E-state index contributed by atoms with van der Waals surface area (Å²) in [5, 5.41) is 3.06. The van der Waals surface area contributed by atoms with Crippen LogP contribution in [0.1, 0.15) is 23.2 Å². The Morgan fingerprint density at radius 1 is 1.28 bits per heavy atom. The van der Waals surface area contributed by atoms with E-state index in [9.17, 15) is 18.0 Å². The first-order valence-electron chi connectivity index (χ1n) is 8.46. The number of nitrogens with one attached hydrogen (secondary N) is 1. The molecule has 0 saturated carbocycles. The number of hydrogen-bond acceptors (Lipinski definition) is 5. The third-order valence-electron chi connectivity index (χ3n) is 4.76. The molecule has 0 bridgehead atoms. The first kappa shape index (κ1) is 17.9. The monoisotopic (exact) mass is 365 g/mol. The number of piperidine rings is 1. The van der Waals surface area contributed by atoms with Crippen molar-refractivity contribution in [3.8, 4) is 0 Å². The van der Waals surface area contributed by atoms with Crippen LogP contribution in [0.4, 0.5) is 0 Å². The fourth-order valence-electron chi connectivity index (χ4n) is 3.44. The molecule has 136 valence electrons. The molecule has 2 fully saturated rings. The predicted octanol–water partition coefficient (Wildman–Crippen LogP) is 0.127. The van der Waals surface area contributed by atoms with Crippen LogP contribution in [-0.4, -0.2) is 75.1 Å². The van der Waals surface area contributed by atoms with Crippen LogP contribution >= 0.6 is 0 Å². The van der Waals surface area contributed by atoms with Crippen molar-refractivity contribution in [3.63, 3.8) is 0 Å². The summed E-state index contributed by atoms with van der Waals surface area (Å²) in [6.45, 7) is 2.90. The topological polar surface area (TPSA) is 86.8 Å². The molecule has 2 saturated heterocycles. The molecule has 1 aromatic rings. The van der Waals surface area contributed by atoms with Crippen LogP contribution in [0.25, 0.3) is 0 Å². The number of benzene rings is 1. The van der Waals surface area contributed by atoms with E-state index in [0.717, 1.165) is 25.6 Å². The van der Waals surface area contributed by atoms with Crippen LogP contribution in [0.2, 0.25) is 0 Å². The Bertz CT molecular complexity index is 778. The van der Waals surface area contributed by atoms with Gasteiger partial charge in [0.05, 0.1) is 11.4 Å². The third-order valence-corrected chi connectivity index (χ3v) is 5.87. The van der Waals surface area contributed by atoms with Crippen LogP contribution in [0.3, 0.4) is 0 Å². The van der Waals surface area contributed by atoms with E-state index < -0.39 is 9.84 Å². The normalized spacial score (nSPS) is 22.1. The van der Waals surface area contributed by atoms with Gasteiger partial charge in [-0.2, -0.15) is 0 Å². The van der Waals surface area contributed by atoms with Gasteiger partial charge in [0.25, 0.3) is 5.91 Å². The van der Waals surface area contributed by atoms with Gasteiger partial charge >= 0.3 is 0 Å². The van der Waals surface area contributed by atoms with Crippen LogP contribution in [0, 0.1) is 0 Å². The Kier molecular flexibility index (Phi) is 5.10. The summed E-state index contributed by atoms with van der Waals surface area (Å²) >= 11 is 0. The van der Waals surface area contributed by atoms with Crippen LogP contribution in [0.5, 0.6) is 0 Å². The summed E-state index contributed by atoms with van der Waals surface area (Å²) in [5.74, 6) is -0.109. The number of likely N-dealkylation sites (tertiary alicyclic amines) is 1. The molecule has 2 aliphatic heterocycles. The standard InChI is InChI=1S/C17H23N3O4S/c1-25(23,24)15-6-2-4-13(10-15)17(22)19-8-3-5-14(12-19)20-9-7-18-11-16(20)21/h2,4,6,10,14,18H,3,5,7-9,11-12H2,1H3. The number of piperazine rings is 1. The molecule has 0 radical (unpaired) electrons. The van der Waals surface area contributed by atoms with Gasteiger partial charge in [0.2, 0.25) is 5.91 Å². The van der Waals surface area contributed by atoms with E-state index in [2.05, 4.69) is 5.32 Å². The number of carbonyl (C=O) groups excluding carboxylic acids is 2. The van der Waals surface area contributed by atoms with Crippen molar-refractivity contribution in [2.24, 2.45) is 0 Å². The van der Waals surface area contributed by atoms with Gasteiger partial charge in [-0.3, -0.25) is 9.59 Å². The SMILES string of the molecule is CS(=O)(=O)c1cccc(C(=O)N2CCCC(N3CCNCC3=O)C2)c1. The van der Waals surface area contributed by atoms with Crippen molar-refractivity contribution in [3.05, 3.63) is 29.8 Å². The van der Waals surface area contributed by atoms with Crippen LogP contribution < -0.4 is 5.32 Å². The lowest BCUT2D eigenvalue weighted by Crippen LogP contribution is -2.57. The van der Waals surface area contributed by atoms with Crippen molar-refractivity contribution in [2.75, 3.05) is 39.0 Å². The first-order chi connectivity index (χ1) is 11.9. The zero-order valence-corrected chi connectivity index (χ0v) is 15.1. The van der Waals surface area contributed by atoms with Gasteiger partial charge in [-0.05, 0) is 31.0 Å². The minimum absolute atomic E-state index is 0.0328. The van der Waals surface area contributed by atoms with Gasteiger partial charge in [0.1, 0.15) is 0 Å². The van der Waals surface area contributed by atoms with Crippen LogP contribution in [0.15, 0.2) is 29.2 Å². The Balaban J connectivity index is 1.75. The zero-order chi connectivity index (χ0) is 18.0. The summed E-state index contributed by atoms with van der Waals surface area (Å²) in [7, 11) is -3.36. The molecule has 7 nitrogen and oxygen atoms in total. The number of sulfone groups is 1. The first-order valence-corrected chi connectivity index (χ1v) is 10.3. The maximum absolute atomic E-state index is 12.8. The second kappa shape index (κ2) is 7.13. The quantitative estimate of drug-likeness (QED) is 0.823. The average Bonchev–Trinajstić information content (AvgIpc) is 2.61. The maximum Gasteiger partial charge on any atom is 0.253 e. The molecular formula is C17H23N3O4S. The molecule has 0 aliphatic carbocycles. The third kappa shape index (κ3) is 4.01. The number of hydrogen-bond donors (Lipinski definition) is 1. The lowest BCUT2D eigenvalue weighted by molar-refractivity contribution is -0.135. The van der Waals surface area contributed by atoms with Gasteiger partial charge in [-0.1, -0.05) is 6.07 Å². The van der Waals surface area contributed by atoms with Gasteiger partial charge in [0, 0.05) is 44.0 Å². The predicted molar refractivity (Wildman–Crippen MR) is 93.1 cm³/mol. The summed E-state index contributed by atoms with van der Waals surface area (Å²) in [6, 6.07) is 6.17. The summed E-state index contributed by atoms with van der Waals surface area (Å²) in [4.78, 5) is 28.6. The van der Waals surface area contributed by atoms with E-state index in [-0.39, 0.29) is 22.8 Å². The lowest BCUT2D eigenvalue weighted by Gasteiger charge is -2.41. The molecule has 1 aromatic carbocycles. The van der Waals surface area contributed by atoms with Crippen molar-refractivity contribution in [1.82, 2.24) is 15.1 Å². The minimum Gasteiger partial charge on any atom is -0.337 e. The number of rotatable bonds is 3. The molecule has 3 rings (SSSR count). The zero-order valence-electron chi connectivity index (χ0n) is 14.3. The summed E-state index contributed by atoms with van der Waals surface area (Å²) in [6.07, 6.45) is 2.85. The number of nitrogens with zero attached hydrogens (tertiary/aromatic N) is 2. The largest absolute Gasteiger partial charge is 0.337 e. The van der Waals surface area contributed by atoms with Crippen molar-refractivity contribution in [2.45, 2.75) is 23.8 Å². The fraction of sp³-hybridized carbons (Fsp3) is 0.529. The Morgan fingerprint density at radius 2 is 2.08 bits per heavy atom. The molecule has 25 heavy (non-hydrogen) atoms. The minimum atomic E-state index is -3.36. The summed E-state index contributed by atoms with van der Waals surface area (Å²) in [5.41, 5.74) is 0.371. The Labute approximate surface area is 147 Å². The second-order valence-corrected chi connectivity index (χ2v) is 8.63. The van der Waals surface area contributed by atoms with Crippen molar-refractivity contribution < 1.29 is 18.0 Å². The van der Waals surface area contributed by atoms with Gasteiger partial charge in [-0.25, -0.2) is 8.42 Å². The molecule has 2 aliphatic rings. The van der Waals surface area contributed by atoms with E-state index in [1.807, 2.05) is 4.90 Å². The second-order valence-electron chi connectivity index (χ2n) is 6.61. The van der Waals surface area contributed by atoms with Crippen molar-refractivity contribution in [1.29, 1.82) is 0 Å². The van der Waals surface area contributed by atoms with E-state index in [1.54, 1.807) is 17.0 Å². The number of carbonyl (C=O) groups is 2. The highest BCUT2D eigenvalue weighted by atomic mass is 32.2. The highest BCUT2D eigenvalue weighted by Crippen LogP contribution is 2.20. The molecule has 1 atom stereocenters. The molecule has 8 heteroatoms. The molecule has 1 unspecified atom stereocenters. The van der Waals surface area contributed by atoms with E-state index in [1.165, 1.54) is 12.1 Å². The smallest absolute Gasteiger partial charge is 0.253 e.